The Hall–Kier alpha value is -0.0300. The Morgan fingerprint density at radius 2 is 1.58 bits per heavy atom. The Morgan fingerprint density at radius 1 is 1.42 bits per heavy atom. The highest BCUT2D eigenvalue weighted by Crippen LogP contribution is 2.21. The molecule has 74 valence electrons. The first-order chi connectivity index (χ1) is 4.83. The number of hydrogen-bond donors (Lipinski definition) is 1. The van der Waals surface area contributed by atoms with Crippen molar-refractivity contribution in [2.24, 2.45) is 0 Å². The van der Waals surface area contributed by atoms with Gasteiger partial charge in [0, 0.05) is 14.0 Å². The lowest BCUT2D eigenvalue weighted by Gasteiger charge is -1.93. The minimum Gasteiger partial charge on any atom is -0.412 e. The number of rotatable bonds is 0. The molecule has 0 fully saturated rings. The van der Waals surface area contributed by atoms with Gasteiger partial charge in [-0.3, -0.25) is 9.59 Å². The van der Waals surface area contributed by atoms with Gasteiger partial charge in [0.2, 0.25) is 9.70 Å². The van der Waals surface area contributed by atoms with Gasteiger partial charge in [-0.2, -0.15) is 0 Å². The molecule has 0 rings (SSSR count). The zero-order valence-electron chi connectivity index (χ0n) is 6.53. The molecule has 0 radical (unpaired) electrons. The maximum absolute atomic E-state index is 9.70. The molecule has 12 heavy (non-hydrogen) atoms. The fraction of sp³-hybridized carbons (Fsp3) is 0.600. The molecule has 0 atom stereocenters. The molecular weight excluding hydrogens is 228 g/mol. The van der Waals surface area contributed by atoms with Crippen molar-refractivity contribution in [1.82, 2.24) is 5.32 Å². The second kappa shape index (κ2) is 9.06. The van der Waals surface area contributed by atoms with E-state index in [1.807, 2.05) is 0 Å². The van der Waals surface area contributed by atoms with E-state index in [0.717, 1.165) is 0 Å². The van der Waals surface area contributed by atoms with Crippen LogP contribution in [0.2, 0.25) is 0 Å². The normalized spacial score (nSPS) is 8.42. The molecule has 0 aromatic carbocycles. The quantitative estimate of drug-likeness (QED) is 0.492. The van der Waals surface area contributed by atoms with Gasteiger partial charge in [0.25, 0.3) is 0 Å². The van der Waals surface area contributed by atoms with E-state index in [-0.39, 0.29) is 17.7 Å². The summed E-state index contributed by atoms with van der Waals surface area (Å²) in [5, 5.41) is 2.39. The molecule has 0 unspecified atom stereocenters. The first-order valence-corrected chi connectivity index (χ1v) is 3.68. The van der Waals surface area contributed by atoms with Gasteiger partial charge >= 0.3 is 0 Å². The van der Waals surface area contributed by atoms with Crippen LogP contribution >= 0.6 is 34.8 Å². The van der Waals surface area contributed by atoms with Gasteiger partial charge in [0.1, 0.15) is 0 Å². The minimum absolute atomic E-state index is 0. The summed E-state index contributed by atoms with van der Waals surface area (Å²) >= 11 is 14.6. The SMILES string of the molecule is CNC(C)=O.O.O=CC(Cl)(Cl)Cl. The van der Waals surface area contributed by atoms with E-state index in [1.54, 1.807) is 7.05 Å². The van der Waals surface area contributed by atoms with Crippen LogP contribution in [0, 0.1) is 0 Å². The average molecular weight is 238 g/mol. The van der Waals surface area contributed by atoms with E-state index in [1.165, 1.54) is 6.92 Å². The predicted molar refractivity (Wildman–Crippen MR) is 49.7 cm³/mol. The lowest BCUT2D eigenvalue weighted by molar-refractivity contribution is -0.118. The number of amides is 1. The van der Waals surface area contributed by atoms with E-state index in [2.05, 4.69) is 5.32 Å². The highest BCUT2D eigenvalue weighted by atomic mass is 35.6. The molecule has 0 aromatic rings. The molecule has 0 saturated heterocycles. The van der Waals surface area contributed by atoms with Crippen molar-refractivity contribution in [2.45, 2.75) is 10.7 Å². The van der Waals surface area contributed by atoms with Gasteiger partial charge in [-0.1, -0.05) is 34.8 Å². The van der Waals surface area contributed by atoms with Crippen LogP contribution in [0.4, 0.5) is 0 Å². The van der Waals surface area contributed by atoms with Crippen molar-refractivity contribution >= 4 is 47.0 Å². The topological polar surface area (TPSA) is 77.7 Å². The van der Waals surface area contributed by atoms with E-state index in [0.29, 0.717) is 0 Å². The molecule has 0 aliphatic carbocycles. The van der Waals surface area contributed by atoms with Gasteiger partial charge in [-0.25, -0.2) is 0 Å². The summed E-state index contributed by atoms with van der Waals surface area (Å²) in [7, 11) is 1.60. The number of alkyl halides is 3. The van der Waals surface area contributed by atoms with Crippen molar-refractivity contribution in [2.75, 3.05) is 7.05 Å². The first kappa shape index (κ1) is 17.9. The van der Waals surface area contributed by atoms with Crippen LogP contribution in [0.5, 0.6) is 0 Å². The number of aldehydes is 1. The second-order valence-electron chi connectivity index (χ2n) is 1.47. The van der Waals surface area contributed by atoms with Crippen LogP contribution in [-0.2, 0) is 9.59 Å². The molecule has 7 heteroatoms. The van der Waals surface area contributed by atoms with E-state index >= 15 is 0 Å². The van der Waals surface area contributed by atoms with E-state index in [9.17, 15) is 9.59 Å². The minimum atomic E-state index is -1.72. The Bertz CT molecular complexity index is 134. The highest BCUT2D eigenvalue weighted by molar-refractivity contribution is 6.74. The van der Waals surface area contributed by atoms with Crippen LogP contribution in [0.1, 0.15) is 6.92 Å². The van der Waals surface area contributed by atoms with Gasteiger partial charge in [-0.05, 0) is 0 Å². The molecule has 0 aliphatic heterocycles. The molecule has 0 bridgehead atoms. The fourth-order valence-electron chi connectivity index (χ4n) is 0. The third-order valence-corrected chi connectivity index (χ3v) is 0.753. The number of carbonyl (C=O) groups excluding carboxylic acids is 2. The second-order valence-corrected chi connectivity index (χ2v) is 3.83. The molecule has 0 spiro atoms. The third kappa shape index (κ3) is 32.5. The highest BCUT2D eigenvalue weighted by Gasteiger charge is 2.16. The maximum atomic E-state index is 9.70. The smallest absolute Gasteiger partial charge is 0.245 e. The molecule has 0 aromatic heterocycles. The standard InChI is InChI=1S/C3H7NO.C2HCl3O.H2O/c1-3(5)4-2;3-2(4,5)1-6;/h1-2H3,(H,4,5);1H;1H2. The van der Waals surface area contributed by atoms with Crippen molar-refractivity contribution in [3.63, 3.8) is 0 Å². The molecular formula is C5H10Cl3NO3. The van der Waals surface area contributed by atoms with Crippen LogP contribution in [0.3, 0.4) is 0 Å². The number of halogens is 3. The Balaban J connectivity index is -0.000000126. The van der Waals surface area contributed by atoms with Crippen LogP contribution < -0.4 is 5.32 Å². The Kier molecular flexibility index (Phi) is 13.5. The largest absolute Gasteiger partial charge is 0.412 e. The summed E-state index contributed by atoms with van der Waals surface area (Å²) in [6.07, 6.45) is 0.234. The van der Waals surface area contributed by atoms with Gasteiger partial charge in [0.15, 0.2) is 6.29 Å². The molecule has 0 saturated carbocycles. The number of carbonyl (C=O) groups is 2. The van der Waals surface area contributed by atoms with Crippen LogP contribution in [0.25, 0.3) is 0 Å². The lowest BCUT2D eigenvalue weighted by Crippen LogP contribution is -2.11. The van der Waals surface area contributed by atoms with Gasteiger partial charge in [0.05, 0.1) is 0 Å². The van der Waals surface area contributed by atoms with Crippen molar-refractivity contribution in [3.05, 3.63) is 0 Å². The zero-order valence-corrected chi connectivity index (χ0v) is 8.80. The summed E-state index contributed by atoms with van der Waals surface area (Å²) in [5.74, 6) is 0.00463. The van der Waals surface area contributed by atoms with Crippen LogP contribution in [0.15, 0.2) is 0 Å². The van der Waals surface area contributed by atoms with E-state index in [4.69, 9.17) is 34.8 Å². The van der Waals surface area contributed by atoms with Crippen molar-refractivity contribution < 1.29 is 15.1 Å². The van der Waals surface area contributed by atoms with Gasteiger partial charge in [-0.15, -0.1) is 0 Å². The van der Waals surface area contributed by atoms with Crippen molar-refractivity contribution in [3.8, 4) is 0 Å². The number of nitrogens with one attached hydrogen (secondary N) is 1. The third-order valence-electron chi connectivity index (χ3n) is 0.486. The van der Waals surface area contributed by atoms with Crippen molar-refractivity contribution in [1.29, 1.82) is 0 Å². The maximum Gasteiger partial charge on any atom is 0.245 e. The summed E-state index contributed by atoms with van der Waals surface area (Å²) in [4.78, 5) is 19.1. The summed E-state index contributed by atoms with van der Waals surface area (Å²) in [6.45, 7) is 1.47. The first-order valence-electron chi connectivity index (χ1n) is 2.55. The lowest BCUT2D eigenvalue weighted by atomic mass is 10.7. The number of hydrogen-bond acceptors (Lipinski definition) is 2. The van der Waals surface area contributed by atoms with Gasteiger partial charge < -0.3 is 10.8 Å². The Labute approximate surface area is 85.5 Å². The average Bonchev–Trinajstić information content (AvgIpc) is 1.88. The van der Waals surface area contributed by atoms with E-state index < -0.39 is 3.79 Å². The summed E-state index contributed by atoms with van der Waals surface area (Å²) in [6, 6.07) is 0. The summed E-state index contributed by atoms with van der Waals surface area (Å²) in [5.41, 5.74) is 0. The zero-order chi connectivity index (χ0) is 9.49. The molecule has 0 aliphatic rings. The molecule has 4 nitrogen and oxygen atoms in total. The van der Waals surface area contributed by atoms with Crippen LogP contribution in [-0.4, -0.2) is 28.5 Å². The predicted octanol–water partition coefficient (Wildman–Crippen LogP) is 0.483. The molecule has 1 amide bonds. The summed E-state index contributed by atoms with van der Waals surface area (Å²) < 4.78 is -1.72. The molecule has 0 heterocycles. The monoisotopic (exact) mass is 237 g/mol. The molecule has 3 N–H and O–H groups in total. The Morgan fingerprint density at radius 3 is 1.58 bits per heavy atom. The fourth-order valence-corrected chi connectivity index (χ4v) is 0.